The van der Waals surface area contributed by atoms with E-state index >= 15 is 0 Å². The highest BCUT2D eigenvalue weighted by atomic mass is 16.6. The summed E-state index contributed by atoms with van der Waals surface area (Å²) in [5, 5.41) is 0. The maximum Gasteiger partial charge on any atom is 0.410 e. The number of ether oxygens (including phenoxy) is 2. The van der Waals surface area contributed by atoms with Crippen molar-refractivity contribution in [1.29, 1.82) is 0 Å². The quantitative estimate of drug-likeness (QED) is 0.590. The Morgan fingerprint density at radius 2 is 2.00 bits per heavy atom. The zero-order valence-corrected chi connectivity index (χ0v) is 13.6. The third-order valence-corrected chi connectivity index (χ3v) is 3.38. The molecule has 1 heterocycles. The van der Waals surface area contributed by atoms with E-state index in [2.05, 4.69) is 4.74 Å². The van der Waals surface area contributed by atoms with Gasteiger partial charge in [0.25, 0.3) is 0 Å². The molecule has 0 aliphatic carbocycles. The number of carbonyl (C=O) groups is 2. The van der Waals surface area contributed by atoms with Gasteiger partial charge in [-0.2, -0.15) is 0 Å². The number of rotatable bonds is 4. The first-order valence-corrected chi connectivity index (χ1v) is 7.57. The van der Waals surface area contributed by atoms with Gasteiger partial charge in [0, 0.05) is 18.7 Å². The molecule has 1 fully saturated rings. The predicted octanol–water partition coefficient (Wildman–Crippen LogP) is 3.29. The lowest BCUT2D eigenvalue weighted by Gasteiger charge is -2.36. The molecule has 1 rings (SSSR count). The van der Waals surface area contributed by atoms with Crippen LogP contribution >= 0.6 is 0 Å². The molecule has 1 aliphatic heterocycles. The van der Waals surface area contributed by atoms with Gasteiger partial charge in [-0.3, -0.25) is 0 Å². The number of amides is 1. The van der Waals surface area contributed by atoms with Crippen molar-refractivity contribution in [2.24, 2.45) is 0 Å². The topological polar surface area (TPSA) is 55.8 Å². The molecule has 0 radical (unpaired) electrons. The second kappa shape index (κ2) is 8.05. The first-order chi connectivity index (χ1) is 9.83. The van der Waals surface area contributed by atoms with E-state index in [-0.39, 0.29) is 18.1 Å². The SMILES string of the molecule is COC(=O)/C=C/CCC1CCCCN1C(=O)OC(C)(C)C. The van der Waals surface area contributed by atoms with Crippen LogP contribution in [0.25, 0.3) is 0 Å². The number of nitrogens with zero attached hydrogens (tertiary/aromatic N) is 1. The Balaban J connectivity index is 2.51. The molecule has 0 bridgehead atoms. The molecule has 0 aromatic carbocycles. The summed E-state index contributed by atoms with van der Waals surface area (Å²) in [5.41, 5.74) is -0.468. The van der Waals surface area contributed by atoms with Crippen molar-refractivity contribution in [3.63, 3.8) is 0 Å². The lowest BCUT2D eigenvalue weighted by atomic mass is 9.98. The smallest absolute Gasteiger partial charge is 0.410 e. The van der Waals surface area contributed by atoms with Crippen molar-refractivity contribution in [2.75, 3.05) is 13.7 Å². The Morgan fingerprint density at radius 3 is 2.62 bits per heavy atom. The van der Waals surface area contributed by atoms with Crippen molar-refractivity contribution >= 4 is 12.1 Å². The van der Waals surface area contributed by atoms with E-state index in [1.807, 2.05) is 25.7 Å². The highest BCUT2D eigenvalue weighted by Gasteiger charge is 2.29. The molecule has 120 valence electrons. The van der Waals surface area contributed by atoms with E-state index in [1.54, 1.807) is 6.08 Å². The third-order valence-electron chi connectivity index (χ3n) is 3.38. The second-order valence-electron chi connectivity index (χ2n) is 6.33. The van der Waals surface area contributed by atoms with Crippen LogP contribution in [0.4, 0.5) is 4.79 Å². The largest absolute Gasteiger partial charge is 0.466 e. The number of hydrogen-bond donors (Lipinski definition) is 0. The van der Waals surface area contributed by atoms with Crippen LogP contribution in [0.3, 0.4) is 0 Å². The van der Waals surface area contributed by atoms with E-state index in [9.17, 15) is 9.59 Å². The molecule has 1 amide bonds. The van der Waals surface area contributed by atoms with Crippen LogP contribution < -0.4 is 0 Å². The molecular weight excluding hydrogens is 270 g/mol. The normalized spacial score (nSPS) is 19.6. The lowest BCUT2D eigenvalue weighted by molar-refractivity contribution is -0.134. The average molecular weight is 297 g/mol. The number of methoxy groups -OCH3 is 1. The van der Waals surface area contributed by atoms with E-state index < -0.39 is 5.60 Å². The molecule has 21 heavy (non-hydrogen) atoms. The number of piperidine rings is 1. The maximum absolute atomic E-state index is 12.2. The minimum Gasteiger partial charge on any atom is -0.466 e. The minimum absolute atomic E-state index is 0.191. The molecule has 0 N–H and O–H groups in total. The van der Waals surface area contributed by atoms with Gasteiger partial charge in [-0.05, 0) is 52.9 Å². The lowest BCUT2D eigenvalue weighted by Crippen LogP contribution is -2.46. The molecule has 0 aromatic heterocycles. The van der Waals surface area contributed by atoms with Crippen LogP contribution in [-0.4, -0.2) is 42.3 Å². The third kappa shape index (κ3) is 6.65. The van der Waals surface area contributed by atoms with Gasteiger partial charge >= 0.3 is 12.1 Å². The molecule has 0 aromatic rings. The zero-order chi connectivity index (χ0) is 15.9. The van der Waals surface area contributed by atoms with Crippen LogP contribution in [0.15, 0.2) is 12.2 Å². The van der Waals surface area contributed by atoms with Crippen molar-refractivity contribution < 1.29 is 19.1 Å². The summed E-state index contributed by atoms with van der Waals surface area (Å²) in [7, 11) is 1.36. The van der Waals surface area contributed by atoms with E-state index in [0.29, 0.717) is 0 Å². The standard InChI is InChI=1S/C16H27NO4/c1-16(2,3)21-15(19)17-12-8-7-10-13(17)9-5-6-11-14(18)20-4/h6,11,13H,5,7-10,12H2,1-4H3/b11-6+. The van der Waals surface area contributed by atoms with Crippen molar-refractivity contribution in [3.05, 3.63) is 12.2 Å². The summed E-state index contributed by atoms with van der Waals surface area (Å²) in [6.45, 7) is 6.38. The fraction of sp³-hybridized carbons (Fsp3) is 0.750. The number of likely N-dealkylation sites (tertiary alicyclic amines) is 1. The minimum atomic E-state index is -0.468. The fourth-order valence-corrected chi connectivity index (χ4v) is 2.40. The molecule has 1 aliphatic rings. The molecular formula is C16H27NO4. The Morgan fingerprint density at radius 1 is 1.29 bits per heavy atom. The van der Waals surface area contributed by atoms with Gasteiger partial charge in [0.15, 0.2) is 0 Å². The Hall–Kier alpha value is -1.52. The van der Waals surface area contributed by atoms with Gasteiger partial charge in [-0.15, -0.1) is 0 Å². The first kappa shape index (κ1) is 17.5. The Kier molecular flexibility index (Phi) is 6.72. The van der Waals surface area contributed by atoms with Gasteiger partial charge in [-0.1, -0.05) is 6.08 Å². The van der Waals surface area contributed by atoms with E-state index in [1.165, 1.54) is 13.2 Å². The van der Waals surface area contributed by atoms with Crippen LogP contribution in [0, 0.1) is 0 Å². The number of hydrogen-bond acceptors (Lipinski definition) is 4. The summed E-state index contributed by atoms with van der Waals surface area (Å²) in [6.07, 6.45) is 7.73. The van der Waals surface area contributed by atoms with Crippen LogP contribution in [-0.2, 0) is 14.3 Å². The van der Waals surface area contributed by atoms with E-state index in [0.717, 1.165) is 38.6 Å². The molecule has 1 unspecified atom stereocenters. The van der Waals surface area contributed by atoms with Gasteiger partial charge < -0.3 is 14.4 Å². The summed E-state index contributed by atoms with van der Waals surface area (Å²) in [4.78, 5) is 25.1. The Bertz CT molecular complexity index is 384. The Labute approximate surface area is 127 Å². The molecule has 1 atom stereocenters. The number of carbonyl (C=O) groups excluding carboxylic acids is 2. The summed E-state index contributed by atoms with van der Waals surface area (Å²) in [5.74, 6) is -0.345. The zero-order valence-electron chi connectivity index (χ0n) is 13.6. The van der Waals surface area contributed by atoms with Crippen LogP contribution in [0.5, 0.6) is 0 Å². The molecule has 0 saturated carbocycles. The second-order valence-corrected chi connectivity index (χ2v) is 6.33. The highest BCUT2D eigenvalue weighted by Crippen LogP contribution is 2.23. The fourth-order valence-electron chi connectivity index (χ4n) is 2.40. The first-order valence-electron chi connectivity index (χ1n) is 7.57. The van der Waals surface area contributed by atoms with Gasteiger partial charge in [0.2, 0.25) is 0 Å². The average Bonchev–Trinajstić information content (AvgIpc) is 2.41. The number of esters is 1. The maximum atomic E-state index is 12.2. The molecule has 5 heteroatoms. The van der Waals surface area contributed by atoms with Crippen LogP contribution in [0.1, 0.15) is 52.9 Å². The number of allylic oxidation sites excluding steroid dienone is 1. The van der Waals surface area contributed by atoms with Gasteiger partial charge in [0.05, 0.1) is 7.11 Å². The molecule has 1 saturated heterocycles. The molecule has 5 nitrogen and oxygen atoms in total. The van der Waals surface area contributed by atoms with Gasteiger partial charge in [0.1, 0.15) is 5.60 Å². The van der Waals surface area contributed by atoms with E-state index in [4.69, 9.17) is 4.74 Å². The van der Waals surface area contributed by atoms with Crippen molar-refractivity contribution in [2.45, 2.75) is 64.5 Å². The predicted molar refractivity (Wildman–Crippen MR) is 81.0 cm³/mol. The summed E-state index contributed by atoms with van der Waals surface area (Å²) in [6, 6.07) is 0.191. The van der Waals surface area contributed by atoms with Gasteiger partial charge in [-0.25, -0.2) is 9.59 Å². The van der Waals surface area contributed by atoms with Crippen molar-refractivity contribution in [3.8, 4) is 0 Å². The highest BCUT2D eigenvalue weighted by molar-refractivity contribution is 5.81. The van der Waals surface area contributed by atoms with Crippen LogP contribution in [0.2, 0.25) is 0 Å². The monoisotopic (exact) mass is 297 g/mol. The van der Waals surface area contributed by atoms with Crippen molar-refractivity contribution in [1.82, 2.24) is 4.90 Å². The molecule has 0 spiro atoms. The summed E-state index contributed by atoms with van der Waals surface area (Å²) < 4.78 is 10.0. The summed E-state index contributed by atoms with van der Waals surface area (Å²) >= 11 is 0.